The van der Waals surface area contributed by atoms with E-state index in [1.54, 1.807) is 0 Å². The summed E-state index contributed by atoms with van der Waals surface area (Å²) in [6.45, 7) is 5.08. The Morgan fingerprint density at radius 1 is 1.28 bits per heavy atom. The van der Waals surface area contributed by atoms with E-state index in [-0.39, 0.29) is 16.2 Å². The van der Waals surface area contributed by atoms with Crippen LogP contribution < -0.4 is 14.8 Å². The second kappa shape index (κ2) is 9.14. The molecule has 0 saturated carbocycles. The number of nitrogens with one attached hydrogen (secondary N) is 2. The fraction of sp³-hybridized carbons (Fsp3) is 0.562. The number of benzene rings is 1. The Morgan fingerprint density at radius 2 is 2.00 bits per heavy atom. The Bertz CT molecular complexity index is 687. The largest absolute Gasteiger partial charge is 0.496 e. The molecule has 0 radical (unpaired) electrons. The van der Waals surface area contributed by atoms with Crippen molar-refractivity contribution >= 4 is 16.0 Å². The van der Waals surface area contributed by atoms with Crippen molar-refractivity contribution in [1.29, 1.82) is 0 Å². The third kappa shape index (κ3) is 5.40. The molecule has 0 unspecified atom stereocenters. The van der Waals surface area contributed by atoms with Crippen molar-refractivity contribution in [1.82, 2.24) is 14.9 Å². The van der Waals surface area contributed by atoms with E-state index < -0.39 is 16.0 Å². The molecule has 0 spiro atoms. The van der Waals surface area contributed by atoms with E-state index in [9.17, 15) is 13.2 Å². The van der Waals surface area contributed by atoms with E-state index >= 15 is 0 Å². The van der Waals surface area contributed by atoms with Gasteiger partial charge in [-0.25, -0.2) is 17.9 Å². The van der Waals surface area contributed by atoms with Crippen LogP contribution in [0.15, 0.2) is 23.1 Å². The number of rotatable bonds is 8. The molecule has 1 aromatic rings. The molecule has 1 fully saturated rings. The Balaban J connectivity index is 1.97. The van der Waals surface area contributed by atoms with E-state index in [2.05, 4.69) is 19.7 Å². The molecule has 0 aliphatic carbocycles. The predicted octanol–water partition coefficient (Wildman–Crippen LogP) is 0.0554. The van der Waals surface area contributed by atoms with E-state index in [4.69, 9.17) is 4.74 Å². The van der Waals surface area contributed by atoms with Crippen molar-refractivity contribution in [3.05, 3.63) is 23.8 Å². The summed E-state index contributed by atoms with van der Waals surface area (Å²) in [6.07, 6.45) is 0.721. The molecule has 25 heavy (non-hydrogen) atoms. The molecule has 9 heteroatoms. The lowest BCUT2D eigenvalue weighted by Gasteiger charge is -2.27. The molecule has 0 atom stereocenters. The molecule has 1 aromatic carbocycles. The summed E-state index contributed by atoms with van der Waals surface area (Å²) in [4.78, 5) is 14.1. The molecule has 0 bridgehead atoms. The van der Waals surface area contributed by atoms with Crippen LogP contribution in [0, 0.1) is 0 Å². The summed E-state index contributed by atoms with van der Waals surface area (Å²) in [5.41, 5.74) is 0.0775. The molecule has 140 valence electrons. The summed E-state index contributed by atoms with van der Waals surface area (Å²) in [5, 5.41) is 3.28. The molecule has 2 rings (SSSR count). The molecular formula is C16H25N3O5S. The average molecular weight is 371 g/mol. The summed E-state index contributed by atoms with van der Waals surface area (Å²) >= 11 is 0. The Hall–Kier alpha value is -1.68. The van der Waals surface area contributed by atoms with Gasteiger partial charge in [0.1, 0.15) is 11.3 Å². The normalized spacial score (nSPS) is 15.8. The zero-order valence-corrected chi connectivity index (χ0v) is 15.4. The minimum Gasteiger partial charge on any atom is -0.496 e. The number of piperazine rings is 1. The van der Waals surface area contributed by atoms with Crippen LogP contribution in [0.2, 0.25) is 0 Å². The molecule has 8 nitrogen and oxygen atoms in total. The maximum Gasteiger partial charge on any atom is 0.341 e. The van der Waals surface area contributed by atoms with E-state index in [1.807, 2.05) is 0 Å². The SMILES string of the molecule is COC(=O)c1cc(S(=O)(=O)NCCCN2CCNCC2)ccc1OC. The first-order valence-corrected chi connectivity index (χ1v) is 9.65. The maximum atomic E-state index is 12.4. The van der Waals surface area contributed by atoms with Gasteiger partial charge < -0.3 is 19.7 Å². The fourth-order valence-corrected chi connectivity index (χ4v) is 3.75. The second-order valence-corrected chi connectivity index (χ2v) is 7.46. The number of hydrogen-bond acceptors (Lipinski definition) is 7. The lowest BCUT2D eigenvalue weighted by molar-refractivity contribution is 0.0597. The highest BCUT2D eigenvalue weighted by Crippen LogP contribution is 2.23. The van der Waals surface area contributed by atoms with Crippen LogP contribution in [0.3, 0.4) is 0 Å². The van der Waals surface area contributed by atoms with Crippen molar-refractivity contribution in [2.45, 2.75) is 11.3 Å². The van der Waals surface area contributed by atoms with Crippen LogP contribution in [-0.2, 0) is 14.8 Å². The minimum atomic E-state index is -3.70. The molecule has 0 aromatic heterocycles. The van der Waals surface area contributed by atoms with Crippen LogP contribution >= 0.6 is 0 Å². The first-order valence-electron chi connectivity index (χ1n) is 8.17. The highest BCUT2D eigenvalue weighted by Gasteiger charge is 2.20. The molecule has 2 N–H and O–H groups in total. The van der Waals surface area contributed by atoms with Crippen molar-refractivity contribution in [3.63, 3.8) is 0 Å². The Kier molecular flexibility index (Phi) is 7.18. The number of hydrogen-bond donors (Lipinski definition) is 2. The van der Waals surface area contributed by atoms with Crippen LogP contribution in [0.25, 0.3) is 0 Å². The zero-order chi connectivity index (χ0) is 18.3. The van der Waals surface area contributed by atoms with Gasteiger partial charge in [-0.1, -0.05) is 0 Å². The molecule has 1 heterocycles. The lowest BCUT2D eigenvalue weighted by Crippen LogP contribution is -2.44. The fourth-order valence-electron chi connectivity index (χ4n) is 2.65. The zero-order valence-electron chi connectivity index (χ0n) is 14.6. The Labute approximate surface area is 148 Å². The molecule has 1 aliphatic rings. The standard InChI is InChI=1S/C16H25N3O5S/c1-23-15-5-4-13(12-14(15)16(20)24-2)25(21,22)18-6-3-9-19-10-7-17-8-11-19/h4-5,12,17-18H,3,6-11H2,1-2H3. The number of methoxy groups -OCH3 is 2. The quantitative estimate of drug-likeness (QED) is 0.492. The van der Waals surface area contributed by atoms with Crippen molar-refractivity contribution in [2.75, 3.05) is 53.5 Å². The summed E-state index contributed by atoms with van der Waals surface area (Å²) < 4.78 is 37.2. The van der Waals surface area contributed by atoms with E-state index in [1.165, 1.54) is 32.4 Å². The van der Waals surface area contributed by atoms with Gasteiger partial charge in [-0.2, -0.15) is 0 Å². The Morgan fingerprint density at radius 3 is 2.64 bits per heavy atom. The maximum absolute atomic E-state index is 12.4. The highest BCUT2D eigenvalue weighted by molar-refractivity contribution is 7.89. The lowest BCUT2D eigenvalue weighted by atomic mass is 10.2. The predicted molar refractivity (Wildman–Crippen MR) is 93.4 cm³/mol. The summed E-state index contributed by atoms with van der Waals surface area (Å²) in [5.74, 6) is -0.378. The van der Waals surface area contributed by atoms with Gasteiger partial charge in [0.05, 0.1) is 19.1 Å². The van der Waals surface area contributed by atoms with Gasteiger partial charge in [0, 0.05) is 32.7 Å². The number of esters is 1. The number of carbonyl (C=O) groups excluding carboxylic acids is 1. The monoisotopic (exact) mass is 371 g/mol. The highest BCUT2D eigenvalue weighted by atomic mass is 32.2. The van der Waals surface area contributed by atoms with Gasteiger partial charge in [-0.15, -0.1) is 0 Å². The van der Waals surface area contributed by atoms with Gasteiger partial charge in [0.2, 0.25) is 10.0 Å². The van der Waals surface area contributed by atoms with Crippen molar-refractivity contribution in [3.8, 4) is 5.75 Å². The molecule has 0 amide bonds. The minimum absolute atomic E-state index is 0.0101. The smallest absolute Gasteiger partial charge is 0.341 e. The second-order valence-electron chi connectivity index (χ2n) is 5.70. The third-order valence-corrected chi connectivity index (χ3v) is 5.50. The topological polar surface area (TPSA) is 97.0 Å². The molecule has 1 aliphatic heterocycles. The van der Waals surface area contributed by atoms with Crippen molar-refractivity contribution < 1.29 is 22.7 Å². The number of nitrogens with zero attached hydrogens (tertiary/aromatic N) is 1. The van der Waals surface area contributed by atoms with Gasteiger partial charge in [-0.05, 0) is 31.2 Å². The van der Waals surface area contributed by atoms with Crippen LogP contribution in [-0.4, -0.2) is 72.8 Å². The summed E-state index contributed by atoms with van der Waals surface area (Å²) in [7, 11) is -1.06. The van der Waals surface area contributed by atoms with Gasteiger partial charge >= 0.3 is 5.97 Å². The van der Waals surface area contributed by atoms with Crippen LogP contribution in [0.5, 0.6) is 5.75 Å². The first-order chi connectivity index (χ1) is 12.0. The van der Waals surface area contributed by atoms with Gasteiger partial charge in [0.15, 0.2) is 0 Å². The van der Waals surface area contributed by atoms with E-state index in [0.717, 1.165) is 39.1 Å². The third-order valence-electron chi connectivity index (χ3n) is 4.04. The van der Waals surface area contributed by atoms with Gasteiger partial charge in [0.25, 0.3) is 0 Å². The van der Waals surface area contributed by atoms with E-state index in [0.29, 0.717) is 6.54 Å². The van der Waals surface area contributed by atoms with Crippen LogP contribution in [0.1, 0.15) is 16.8 Å². The first kappa shape index (κ1) is 19.6. The molecule has 1 saturated heterocycles. The summed E-state index contributed by atoms with van der Waals surface area (Å²) in [6, 6.07) is 4.12. The molecular weight excluding hydrogens is 346 g/mol. The van der Waals surface area contributed by atoms with Gasteiger partial charge in [-0.3, -0.25) is 0 Å². The van der Waals surface area contributed by atoms with Crippen LogP contribution in [0.4, 0.5) is 0 Å². The number of carbonyl (C=O) groups is 1. The number of sulfonamides is 1. The van der Waals surface area contributed by atoms with Crippen molar-refractivity contribution in [2.24, 2.45) is 0 Å². The average Bonchev–Trinajstić information content (AvgIpc) is 2.65. The number of ether oxygens (including phenoxy) is 2.